The zero-order chi connectivity index (χ0) is 15.3. The van der Waals surface area contributed by atoms with Crippen molar-refractivity contribution >= 4 is 5.82 Å². The molecule has 1 atom stereocenters. The van der Waals surface area contributed by atoms with Gasteiger partial charge < -0.3 is 15.0 Å². The molecule has 1 aromatic rings. The molecule has 0 aliphatic carbocycles. The van der Waals surface area contributed by atoms with Gasteiger partial charge in [-0.25, -0.2) is 4.98 Å². The summed E-state index contributed by atoms with van der Waals surface area (Å²) < 4.78 is 5.79. The maximum atomic E-state index is 5.79. The summed E-state index contributed by atoms with van der Waals surface area (Å²) in [5, 5.41) is 3.44. The van der Waals surface area contributed by atoms with Crippen LogP contribution in [0.3, 0.4) is 0 Å². The van der Waals surface area contributed by atoms with E-state index in [4.69, 9.17) is 4.74 Å². The smallest absolute Gasteiger partial charge is 0.147 e. The highest BCUT2D eigenvalue weighted by Gasteiger charge is 2.17. The van der Waals surface area contributed by atoms with Crippen LogP contribution in [-0.4, -0.2) is 41.8 Å². The Morgan fingerprint density at radius 1 is 1.33 bits per heavy atom. The van der Waals surface area contributed by atoms with E-state index in [1.807, 2.05) is 12.4 Å². The van der Waals surface area contributed by atoms with E-state index in [1.165, 1.54) is 12.8 Å². The molecule has 0 aromatic carbocycles. The standard InChI is InChI=1S/C16H28N4O/c1-16(2,3)18-10-13-9-17-11-15(19-13)20(4)12-14-7-5-6-8-21-14/h9,11,14,18H,5-8,10,12H2,1-4H3. The van der Waals surface area contributed by atoms with E-state index in [0.29, 0.717) is 6.10 Å². The Morgan fingerprint density at radius 2 is 2.14 bits per heavy atom. The van der Waals surface area contributed by atoms with E-state index in [1.54, 1.807) is 0 Å². The molecule has 118 valence electrons. The van der Waals surface area contributed by atoms with Crippen molar-refractivity contribution < 1.29 is 4.74 Å². The first-order valence-corrected chi connectivity index (χ1v) is 7.83. The highest BCUT2D eigenvalue weighted by molar-refractivity contribution is 5.35. The SMILES string of the molecule is CN(CC1CCCCO1)c1cncc(CNC(C)(C)C)n1. The fraction of sp³-hybridized carbons (Fsp3) is 0.750. The third kappa shape index (κ3) is 5.59. The van der Waals surface area contributed by atoms with Crippen molar-refractivity contribution in [3.05, 3.63) is 18.1 Å². The van der Waals surface area contributed by atoms with Gasteiger partial charge in [-0.1, -0.05) is 0 Å². The van der Waals surface area contributed by atoms with Crippen LogP contribution in [0.5, 0.6) is 0 Å². The second kappa shape index (κ2) is 7.18. The Kier molecular flexibility index (Phi) is 5.53. The second-order valence-corrected chi connectivity index (χ2v) is 6.84. The van der Waals surface area contributed by atoms with Gasteiger partial charge in [0.1, 0.15) is 5.82 Å². The molecule has 5 heteroatoms. The van der Waals surface area contributed by atoms with Gasteiger partial charge in [0.2, 0.25) is 0 Å². The lowest BCUT2D eigenvalue weighted by atomic mass is 10.1. The quantitative estimate of drug-likeness (QED) is 0.903. The summed E-state index contributed by atoms with van der Waals surface area (Å²) in [7, 11) is 2.06. The van der Waals surface area contributed by atoms with Crippen LogP contribution in [0, 0.1) is 0 Å². The Hall–Kier alpha value is -1.20. The van der Waals surface area contributed by atoms with Crippen LogP contribution in [0.25, 0.3) is 0 Å². The summed E-state index contributed by atoms with van der Waals surface area (Å²) in [6, 6.07) is 0. The molecule has 1 saturated heterocycles. The van der Waals surface area contributed by atoms with Crippen LogP contribution in [0.15, 0.2) is 12.4 Å². The summed E-state index contributed by atoms with van der Waals surface area (Å²) in [5.74, 6) is 0.914. The lowest BCUT2D eigenvalue weighted by Crippen LogP contribution is -2.36. The molecular weight excluding hydrogens is 264 g/mol. The fourth-order valence-corrected chi connectivity index (χ4v) is 2.37. The number of anilines is 1. The number of rotatable bonds is 5. The van der Waals surface area contributed by atoms with Crippen molar-refractivity contribution in [1.82, 2.24) is 15.3 Å². The summed E-state index contributed by atoms with van der Waals surface area (Å²) in [4.78, 5) is 11.1. The fourth-order valence-electron chi connectivity index (χ4n) is 2.37. The Bertz CT molecular complexity index is 438. The molecule has 0 saturated carbocycles. The number of hydrogen-bond acceptors (Lipinski definition) is 5. The zero-order valence-corrected chi connectivity index (χ0v) is 13.7. The number of nitrogens with zero attached hydrogens (tertiary/aromatic N) is 3. The minimum atomic E-state index is 0.0829. The van der Waals surface area contributed by atoms with Crippen LogP contribution >= 0.6 is 0 Å². The Morgan fingerprint density at radius 3 is 2.81 bits per heavy atom. The Labute approximate surface area is 128 Å². The lowest BCUT2D eigenvalue weighted by Gasteiger charge is -2.28. The van der Waals surface area contributed by atoms with E-state index < -0.39 is 0 Å². The minimum absolute atomic E-state index is 0.0829. The molecule has 1 aliphatic rings. The monoisotopic (exact) mass is 292 g/mol. The van der Waals surface area contributed by atoms with Crippen molar-refractivity contribution in [2.24, 2.45) is 0 Å². The summed E-state index contributed by atoms with van der Waals surface area (Å²) >= 11 is 0. The minimum Gasteiger partial charge on any atom is -0.376 e. The maximum Gasteiger partial charge on any atom is 0.147 e. The molecule has 0 bridgehead atoms. The van der Waals surface area contributed by atoms with Crippen LogP contribution in [0.2, 0.25) is 0 Å². The number of likely N-dealkylation sites (N-methyl/N-ethyl adjacent to an activating group) is 1. The first-order valence-electron chi connectivity index (χ1n) is 7.83. The molecule has 0 spiro atoms. The molecule has 5 nitrogen and oxygen atoms in total. The third-order valence-corrected chi connectivity index (χ3v) is 3.61. The number of ether oxygens (including phenoxy) is 1. The van der Waals surface area contributed by atoms with Gasteiger partial charge in [0.05, 0.1) is 18.0 Å². The normalized spacial score (nSPS) is 19.5. The number of hydrogen-bond donors (Lipinski definition) is 1. The molecule has 2 rings (SSSR count). The highest BCUT2D eigenvalue weighted by atomic mass is 16.5. The van der Waals surface area contributed by atoms with Gasteiger partial charge >= 0.3 is 0 Å². The van der Waals surface area contributed by atoms with E-state index in [0.717, 1.165) is 37.6 Å². The summed E-state index contributed by atoms with van der Waals surface area (Å²) in [6.45, 7) is 8.95. The molecule has 1 fully saturated rings. The van der Waals surface area contributed by atoms with E-state index in [2.05, 4.69) is 48.0 Å². The molecule has 0 radical (unpaired) electrons. The van der Waals surface area contributed by atoms with Crippen molar-refractivity contribution in [3.63, 3.8) is 0 Å². The largest absolute Gasteiger partial charge is 0.376 e. The van der Waals surface area contributed by atoms with Gasteiger partial charge in [0.15, 0.2) is 0 Å². The molecule has 1 aromatic heterocycles. The maximum absolute atomic E-state index is 5.79. The lowest BCUT2D eigenvalue weighted by molar-refractivity contribution is 0.0215. The first-order chi connectivity index (χ1) is 9.94. The molecule has 0 amide bonds. The van der Waals surface area contributed by atoms with Gasteiger partial charge in [-0.15, -0.1) is 0 Å². The molecular formula is C16H28N4O. The van der Waals surface area contributed by atoms with Crippen LogP contribution in [0.4, 0.5) is 5.82 Å². The molecule has 1 unspecified atom stereocenters. The third-order valence-electron chi connectivity index (χ3n) is 3.61. The van der Waals surface area contributed by atoms with Crippen LogP contribution in [-0.2, 0) is 11.3 Å². The number of aromatic nitrogens is 2. The van der Waals surface area contributed by atoms with Gasteiger partial charge in [0, 0.05) is 38.5 Å². The molecule has 21 heavy (non-hydrogen) atoms. The summed E-state index contributed by atoms with van der Waals surface area (Å²) in [5.41, 5.74) is 1.05. The van der Waals surface area contributed by atoms with Crippen LogP contribution in [0.1, 0.15) is 45.7 Å². The van der Waals surface area contributed by atoms with Crippen LogP contribution < -0.4 is 10.2 Å². The van der Waals surface area contributed by atoms with Crippen molar-refractivity contribution in [3.8, 4) is 0 Å². The second-order valence-electron chi connectivity index (χ2n) is 6.84. The van der Waals surface area contributed by atoms with E-state index in [9.17, 15) is 0 Å². The molecule has 1 N–H and O–H groups in total. The molecule has 1 aliphatic heterocycles. The van der Waals surface area contributed by atoms with Crippen molar-refractivity contribution in [2.45, 2.75) is 58.2 Å². The van der Waals surface area contributed by atoms with E-state index in [-0.39, 0.29) is 5.54 Å². The summed E-state index contributed by atoms with van der Waals surface area (Å²) in [6.07, 6.45) is 7.56. The highest BCUT2D eigenvalue weighted by Crippen LogP contribution is 2.16. The average molecular weight is 292 g/mol. The van der Waals surface area contributed by atoms with Crippen molar-refractivity contribution in [1.29, 1.82) is 0 Å². The average Bonchev–Trinajstić information content (AvgIpc) is 2.46. The van der Waals surface area contributed by atoms with Gasteiger partial charge in [0.25, 0.3) is 0 Å². The van der Waals surface area contributed by atoms with Gasteiger partial charge in [-0.05, 0) is 40.0 Å². The van der Waals surface area contributed by atoms with Gasteiger partial charge in [-0.3, -0.25) is 4.98 Å². The predicted octanol–water partition coefficient (Wildman–Crippen LogP) is 2.37. The van der Waals surface area contributed by atoms with Crippen molar-refractivity contribution in [2.75, 3.05) is 25.1 Å². The topological polar surface area (TPSA) is 50.3 Å². The van der Waals surface area contributed by atoms with Gasteiger partial charge in [-0.2, -0.15) is 0 Å². The first kappa shape index (κ1) is 16.2. The predicted molar refractivity (Wildman–Crippen MR) is 85.5 cm³/mol. The zero-order valence-electron chi connectivity index (χ0n) is 13.7. The molecule has 2 heterocycles. The Balaban J connectivity index is 1.92. The number of nitrogens with one attached hydrogen (secondary N) is 1. The van der Waals surface area contributed by atoms with E-state index >= 15 is 0 Å².